The molecule has 0 amide bonds. The third-order valence-electron chi connectivity index (χ3n) is 3.37. The van der Waals surface area contributed by atoms with Crippen molar-refractivity contribution in [2.24, 2.45) is 5.41 Å². The van der Waals surface area contributed by atoms with E-state index in [2.05, 4.69) is 29.4 Å². The van der Waals surface area contributed by atoms with Crippen molar-refractivity contribution in [1.29, 1.82) is 0 Å². The van der Waals surface area contributed by atoms with E-state index in [0.29, 0.717) is 6.04 Å². The molecule has 1 aliphatic rings. The molecule has 0 N–H and O–H groups in total. The maximum absolute atomic E-state index is 6.06. The molecule has 15 heavy (non-hydrogen) atoms. The fraction of sp³-hybridized carbons (Fsp3) is 0.900. The molecule has 2 unspecified atom stereocenters. The Kier molecular flexibility index (Phi) is 2.71. The minimum Gasteiger partial charge on any atom is -0.224 e. The van der Waals surface area contributed by atoms with Crippen LogP contribution in [0.2, 0.25) is 0 Å². The molecule has 1 fully saturated rings. The molecule has 0 saturated heterocycles. The van der Waals surface area contributed by atoms with Crippen molar-refractivity contribution in [3.63, 3.8) is 0 Å². The number of rotatable bonds is 2. The van der Waals surface area contributed by atoms with Crippen LogP contribution in [-0.2, 0) is 0 Å². The SMILES string of the molecule is CC(Cl)c1nnnn1C1CCCC1(C)C. The zero-order valence-electron chi connectivity index (χ0n) is 9.44. The van der Waals surface area contributed by atoms with Gasteiger partial charge in [-0.25, -0.2) is 4.68 Å². The Bertz CT molecular complexity index is 345. The number of tetrazole rings is 1. The molecular formula is C10H17ClN4. The standard InChI is InChI=1S/C10H17ClN4/c1-7(11)9-12-13-14-15(9)8-5-4-6-10(8,2)3/h7-8H,4-6H2,1-3H3. The Morgan fingerprint density at radius 3 is 2.80 bits per heavy atom. The maximum atomic E-state index is 6.06. The van der Waals surface area contributed by atoms with Crippen molar-refractivity contribution < 1.29 is 0 Å². The molecule has 1 heterocycles. The van der Waals surface area contributed by atoms with Crippen LogP contribution in [0, 0.1) is 5.41 Å². The summed E-state index contributed by atoms with van der Waals surface area (Å²) in [5, 5.41) is 11.7. The van der Waals surface area contributed by atoms with E-state index in [1.807, 2.05) is 11.6 Å². The van der Waals surface area contributed by atoms with Crippen LogP contribution in [-0.4, -0.2) is 20.2 Å². The molecule has 1 aromatic heterocycles. The molecule has 0 aliphatic heterocycles. The van der Waals surface area contributed by atoms with E-state index in [1.165, 1.54) is 12.8 Å². The van der Waals surface area contributed by atoms with Gasteiger partial charge in [-0.1, -0.05) is 20.3 Å². The molecule has 1 aromatic rings. The third kappa shape index (κ3) is 1.87. The van der Waals surface area contributed by atoms with E-state index in [4.69, 9.17) is 11.6 Å². The summed E-state index contributed by atoms with van der Waals surface area (Å²) in [4.78, 5) is 0. The van der Waals surface area contributed by atoms with Crippen LogP contribution in [0.3, 0.4) is 0 Å². The predicted octanol–water partition coefficient (Wildman–Crippen LogP) is 2.72. The minimum absolute atomic E-state index is 0.128. The monoisotopic (exact) mass is 228 g/mol. The molecule has 1 saturated carbocycles. The molecule has 0 spiro atoms. The summed E-state index contributed by atoms with van der Waals surface area (Å²) in [6.07, 6.45) is 3.62. The quantitative estimate of drug-likeness (QED) is 0.731. The van der Waals surface area contributed by atoms with Crippen LogP contribution in [0.15, 0.2) is 0 Å². The summed E-state index contributed by atoms with van der Waals surface area (Å²) in [7, 11) is 0. The lowest BCUT2D eigenvalue weighted by Crippen LogP contribution is -2.24. The van der Waals surface area contributed by atoms with Gasteiger partial charge in [0.2, 0.25) is 0 Å². The lowest BCUT2D eigenvalue weighted by molar-refractivity contribution is 0.235. The topological polar surface area (TPSA) is 43.6 Å². The second-order valence-electron chi connectivity index (χ2n) is 4.99. The Morgan fingerprint density at radius 2 is 2.27 bits per heavy atom. The average molecular weight is 229 g/mol. The van der Waals surface area contributed by atoms with Crippen molar-refractivity contribution in [2.45, 2.75) is 51.5 Å². The van der Waals surface area contributed by atoms with Gasteiger partial charge in [0.05, 0.1) is 11.4 Å². The first kappa shape index (κ1) is 10.9. The number of nitrogens with zero attached hydrogens (tertiary/aromatic N) is 4. The van der Waals surface area contributed by atoms with Gasteiger partial charge in [-0.15, -0.1) is 16.7 Å². The van der Waals surface area contributed by atoms with Gasteiger partial charge in [0.25, 0.3) is 0 Å². The van der Waals surface area contributed by atoms with Crippen LogP contribution in [0.5, 0.6) is 0 Å². The van der Waals surface area contributed by atoms with E-state index in [0.717, 1.165) is 12.2 Å². The number of hydrogen-bond donors (Lipinski definition) is 0. The molecular weight excluding hydrogens is 212 g/mol. The smallest absolute Gasteiger partial charge is 0.169 e. The summed E-state index contributed by atoms with van der Waals surface area (Å²) in [5.41, 5.74) is 0.274. The van der Waals surface area contributed by atoms with Crippen molar-refractivity contribution in [3.8, 4) is 0 Å². The van der Waals surface area contributed by atoms with Crippen molar-refractivity contribution in [1.82, 2.24) is 20.2 Å². The van der Waals surface area contributed by atoms with Crippen molar-refractivity contribution in [2.75, 3.05) is 0 Å². The van der Waals surface area contributed by atoms with Gasteiger partial charge in [0.15, 0.2) is 5.82 Å². The average Bonchev–Trinajstić information content (AvgIpc) is 2.69. The van der Waals surface area contributed by atoms with Crippen LogP contribution in [0.1, 0.15) is 57.3 Å². The van der Waals surface area contributed by atoms with E-state index in [-0.39, 0.29) is 10.8 Å². The Balaban J connectivity index is 2.33. The van der Waals surface area contributed by atoms with Crippen LogP contribution < -0.4 is 0 Å². The lowest BCUT2D eigenvalue weighted by atomic mass is 9.87. The highest BCUT2D eigenvalue weighted by Crippen LogP contribution is 2.46. The third-order valence-corrected chi connectivity index (χ3v) is 3.57. The first-order valence-corrected chi connectivity index (χ1v) is 5.88. The van der Waals surface area contributed by atoms with E-state index in [9.17, 15) is 0 Å². The highest BCUT2D eigenvalue weighted by Gasteiger charge is 2.38. The molecule has 1 aliphatic carbocycles. The molecule has 4 nitrogen and oxygen atoms in total. The molecule has 2 atom stereocenters. The van der Waals surface area contributed by atoms with Gasteiger partial charge in [0, 0.05) is 0 Å². The van der Waals surface area contributed by atoms with Crippen molar-refractivity contribution in [3.05, 3.63) is 5.82 Å². The maximum Gasteiger partial charge on any atom is 0.169 e. The Labute approximate surface area is 95.0 Å². The van der Waals surface area contributed by atoms with Gasteiger partial charge in [-0.05, 0) is 35.6 Å². The second kappa shape index (κ2) is 3.74. The van der Waals surface area contributed by atoms with Crippen LogP contribution >= 0.6 is 11.6 Å². The minimum atomic E-state index is -0.128. The molecule has 0 bridgehead atoms. The number of hydrogen-bond acceptors (Lipinski definition) is 3. The largest absolute Gasteiger partial charge is 0.224 e. The highest BCUT2D eigenvalue weighted by molar-refractivity contribution is 6.20. The van der Waals surface area contributed by atoms with Gasteiger partial charge in [-0.3, -0.25) is 0 Å². The fourth-order valence-electron chi connectivity index (χ4n) is 2.45. The lowest BCUT2D eigenvalue weighted by Gasteiger charge is -2.27. The van der Waals surface area contributed by atoms with E-state index >= 15 is 0 Å². The molecule has 84 valence electrons. The van der Waals surface area contributed by atoms with E-state index in [1.54, 1.807) is 0 Å². The van der Waals surface area contributed by atoms with E-state index < -0.39 is 0 Å². The molecule has 5 heteroatoms. The first-order chi connectivity index (χ1) is 7.02. The second-order valence-corrected chi connectivity index (χ2v) is 5.65. The van der Waals surface area contributed by atoms with Crippen LogP contribution in [0.4, 0.5) is 0 Å². The van der Waals surface area contributed by atoms with Crippen molar-refractivity contribution >= 4 is 11.6 Å². The summed E-state index contributed by atoms with van der Waals surface area (Å²) in [6, 6.07) is 0.392. The summed E-state index contributed by atoms with van der Waals surface area (Å²) in [5.74, 6) is 0.789. The zero-order chi connectivity index (χ0) is 11.1. The number of aromatic nitrogens is 4. The Hall–Kier alpha value is -0.640. The summed E-state index contributed by atoms with van der Waals surface area (Å²) < 4.78 is 1.92. The van der Waals surface area contributed by atoms with Gasteiger partial charge in [0.1, 0.15) is 0 Å². The normalized spacial score (nSPS) is 26.8. The highest BCUT2D eigenvalue weighted by atomic mass is 35.5. The van der Waals surface area contributed by atoms with Gasteiger partial charge in [-0.2, -0.15) is 0 Å². The number of alkyl halides is 1. The fourth-order valence-corrected chi connectivity index (χ4v) is 2.59. The van der Waals surface area contributed by atoms with Gasteiger partial charge >= 0.3 is 0 Å². The number of halogens is 1. The Morgan fingerprint density at radius 1 is 1.53 bits per heavy atom. The van der Waals surface area contributed by atoms with Crippen LogP contribution in [0.25, 0.3) is 0 Å². The summed E-state index contributed by atoms with van der Waals surface area (Å²) in [6.45, 7) is 6.45. The van der Waals surface area contributed by atoms with Gasteiger partial charge < -0.3 is 0 Å². The molecule has 0 radical (unpaired) electrons. The predicted molar refractivity (Wildman–Crippen MR) is 58.8 cm³/mol. The molecule has 0 aromatic carbocycles. The summed E-state index contributed by atoms with van der Waals surface area (Å²) >= 11 is 6.06. The first-order valence-electron chi connectivity index (χ1n) is 5.44. The zero-order valence-corrected chi connectivity index (χ0v) is 10.2. The molecule has 2 rings (SSSR count).